The van der Waals surface area contributed by atoms with Crippen LogP contribution >= 0.6 is 11.6 Å². The van der Waals surface area contributed by atoms with Gasteiger partial charge < -0.3 is 14.6 Å². The summed E-state index contributed by atoms with van der Waals surface area (Å²) in [7, 11) is 1.10. The Morgan fingerprint density at radius 2 is 2.00 bits per heavy atom. The second kappa shape index (κ2) is 4.29. The van der Waals surface area contributed by atoms with E-state index in [9.17, 15) is 18.3 Å². The molecular weight excluding hydrogens is 273 g/mol. The summed E-state index contributed by atoms with van der Waals surface area (Å²) in [4.78, 5) is 0. The zero-order valence-corrected chi connectivity index (χ0v) is 10.1. The Bertz CT molecular complexity index is 469. The van der Waals surface area contributed by atoms with Crippen LogP contribution < -0.4 is 4.74 Å². The zero-order valence-electron chi connectivity index (χ0n) is 9.34. The van der Waals surface area contributed by atoms with Crippen molar-refractivity contribution in [3.63, 3.8) is 0 Å². The second-order valence-electron chi connectivity index (χ2n) is 4.03. The molecule has 0 amide bonds. The molecular formula is C11H10ClF3O3. The fraction of sp³-hybridized carbons (Fsp3) is 0.455. The normalized spacial score (nSPS) is 18.3. The van der Waals surface area contributed by atoms with Crippen LogP contribution in [0, 0.1) is 0 Å². The topological polar surface area (TPSA) is 38.7 Å². The lowest BCUT2D eigenvalue weighted by Gasteiger charge is -2.37. The summed E-state index contributed by atoms with van der Waals surface area (Å²) in [6.07, 6.45) is -4.56. The highest BCUT2D eigenvalue weighted by Crippen LogP contribution is 2.45. The Morgan fingerprint density at radius 1 is 1.39 bits per heavy atom. The molecule has 0 aliphatic carbocycles. The number of ether oxygens (including phenoxy) is 2. The van der Waals surface area contributed by atoms with Crippen LogP contribution in [-0.4, -0.2) is 25.4 Å². The van der Waals surface area contributed by atoms with E-state index in [1.165, 1.54) is 0 Å². The van der Waals surface area contributed by atoms with Crippen molar-refractivity contribution >= 4 is 11.6 Å². The van der Waals surface area contributed by atoms with E-state index in [1.807, 2.05) is 0 Å². The van der Waals surface area contributed by atoms with Crippen LogP contribution in [0.1, 0.15) is 11.1 Å². The van der Waals surface area contributed by atoms with Gasteiger partial charge >= 0.3 is 6.18 Å². The molecule has 0 aromatic heterocycles. The average Bonchev–Trinajstić information content (AvgIpc) is 2.24. The van der Waals surface area contributed by atoms with Gasteiger partial charge in [0, 0.05) is 5.56 Å². The Kier molecular flexibility index (Phi) is 3.21. The Labute approximate surface area is 106 Å². The number of hydrogen-bond donors (Lipinski definition) is 1. The van der Waals surface area contributed by atoms with Crippen LogP contribution in [-0.2, 0) is 16.5 Å². The molecule has 0 saturated carbocycles. The lowest BCUT2D eigenvalue weighted by molar-refractivity contribution is -0.184. The highest BCUT2D eigenvalue weighted by Gasteiger charge is 2.43. The minimum atomic E-state index is -4.56. The summed E-state index contributed by atoms with van der Waals surface area (Å²) in [5.41, 5.74) is -2.13. The maximum Gasteiger partial charge on any atom is 0.420 e. The SMILES string of the molecule is COc1c(C(F)(F)F)ccc(C2(O)COC2)c1Cl. The molecule has 1 aliphatic rings. The predicted octanol–water partition coefficient (Wildman–Crippen LogP) is 2.59. The number of rotatable bonds is 2. The number of aliphatic hydroxyl groups is 1. The largest absolute Gasteiger partial charge is 0.495 e. The fourth-order valence-corrected chi connectivity index (χ4v) is 2.21. The van der Waals surface area contributed by atoms with Crippen LogP contribution in [0.15, 0.2) is 12.1 Å². The van der Waals surface area contributed by atoms with Crippen LogP contribution in [0.2, 0.25) is 5.02 Å². The van der Waals surface area contributed by atoms with Gasteiger partial charge in [-0.1, -0.05) is 17.7 Å². The second-order valence-corrected chi connectivity index (χ2v) is 4.41. The van der Waals surface area contributed by atoms with E-state index in [4.69, 9.17) is 21.1 Å². The van der Waals surface area contributed by atoms with Gasteiger partial charge in [0.1, 0.15) is 11.4 Å². The van der Waals surface area contributed by atoms with Crippen LogP contribution in [0.3, 0.4) is 0 Å². The number of benzene rings is 1. The third kappa shape index (κ3) is 2.04. The average molecular weight is 283 g/mol. The van der Waals surface area contributed by atoms with Crippen molar-refractivity contribution < 1.29 is 27.8 Å². The summed E-state index contributed by atoms with van der Waals surface area (Å²) in [5.74, 6) is -0.484. The maximum atomic E-state index is 12.7. The van der Waals surface area contributed by atoms with Crippen LogP contribution in [0.25, 0.3) is 0 Å². The molecule has 1 fully saturated rings. The molecule has 0 radical (unpaired) electrons. The van der Waals surface area contributed by atoms with E-state index in [0.29, 0.717) is 0 Å². The number of halogens is 4. The van der Waals surface area contributed by atoms with E-state index < -0.39 is 23.1 Å². The first-order valence-electron chi connectivity index (χ1n) is 5.04. The standard InChI is InChI=1S/C11H10ClF3O3/c1-17-9-7(11(13,14)15)3-2-6(8(9)12)10(16)4-18-5-10/h2-3,16H,4-5H2,1H3. The number of methoxy groups -OCH3 is 1. The molecule has 1 aliphatic heterocycles. The van der Waals surface area contributed by atoms with Gasteiger partial charge in [0.2, 0.25) is 0 Å². The number of alkyl halides is 3. The van der Waals surface area contributed by atoms with E-state index in [-0.39, 0.29) is 23.8 Å². The fourth-order valence-electron chi connectivity index (χ4n) is 1.79. The zero-order chi connectivity index (χ0) is 13.6. The predicted molar refractivity (Wildman–Crippen MR) is 57.7 cm³/mol. The Balaban J connectivity index is 2.55. The van der Waals surface area contributed by atoms with Gasteiger partial charge in [0.05, 0.1) is 30.9 Å². The molecule has 2 rings (SSSR count). The van der Waals surface area contributed by atoms with Crippen molar-refractivity contribution in [2.24, 2.45) is 0 Å². The molecule has 1 aromatic carbocycles. The smallest absolute Gasteiger partial charge is 0.420 e. The van der Waals surface area contributed by atoms with Crippen molar-refractivity contribution in [2.45, 2.75) is 11.8 Å². The van der Waals surface area contributed by atoms with Gasteiger partial charge in [-0.15, -0.1) is 0 Å². The van der Waals surface area contributed by atoms with E-state index >= 15 is 0 Å². The van der Waals surface area contributed by atoms with Crippen molar-refractivity contribution in [1.29, 1.82) is 0 Å². The molecule has 0 bridgehead atoms. The molecule has 0 atom stereocenters. The molecule has 1 saturated heterocycles. The minimum absolute atomic E-state index is 0.00123. The van der Waals surface area contributed by atoms with Crippen LogP contribution in [0.5, 0.6) is 5.75 Å². The molecule has 1 aromatic rings. The molecule has 1 heterocycles. The van der Waals surface area contributed by atoms with Crippen molar-refractivity contribution in [3.8, 4) is 5.75 Å². The molecule has 7 heteroatoms. The van der Waals surface area contributed by atoms with E-state index in [0.717, 1.165) is 19.2 Å². The monoisotopic (exact) mass is 282 g/mol. The summed E-state index contributed by atoms with van der Waals surface area (Å²) < 4.78 is 47.7. The van der Waals surface area contributed by atoms with Crippen molar-refractivity contribution in [3.05, 3.63) is 28.3 Å². The Morgan fingerprint density at radius 3 is 2.39 bits per heavy atom. The quantitative estimate of drug-likeness (QED) is 0.906. The first-order chi connectivity index (χ1) is 8.29. The summed E-state index contributed by atoms with van der Waals surface area (Å²) in [5, 5.41) is 9.79. The lowest BCUT2D eigenvalue weighted by atomic mass is 9.91. The van der Waals surface area contributed by atoms with Gasteiger partial charge in [0.25, 0.3) is 0 Å². The first kappa shape index (κ1) is 13.5. The molecule has 100 valence electrons. The van der Waals surface area contributed by atoms with Gasteiger partial charge in [-0.2, -0.15) is 13.2 Å². The molecule has 3 nitrogen and oxygen atoms in total. The highest BCUT2D eigenvalue weighted by molar-refractivity contribution is 6.33. The van der Waals surface area contributed by atoms with E-state index in [1.54, 1.807) is 0 Å². The summed E-state index contributed by atoms with van der Waals surface area (Å²) >= 11 is 5.88. The van der Waals surface area contributed by atoms with E-state index in [2.05, 4.69) is 0 Å². The van der Waals surface area contributed by atoms with Crippen molar-refractivity contribution in [1.82, 2.24) is 0 Å². The molecule has 0 spiro atoms. The molecule has 1 N–H and O–H groups in total. The minimum Gasteiger partial charge on any atom is -0.495 e. The van der Waals surface area contributed by atoms with Crippen molar-refractivity contribution in [2.75, 3.05) is 20.3 Å². The van der Waals surface area contributed by atoms with Gasteiger partial charge in [0.15, 0.2) is 0 Å². The highest BCUT2D eigenvalue weighted by atomic mass is 35.5. The number of hydrogen-bond acceptors (Lipinski definition) is 3. The van der Waals surface area contributed by atoms with Crippen LogP contribution in [0.4, 0.5) is 13.2 Å². The molecule has 18 heavy (non-hydrogen) atoms. The van der Waals surface area contributed by atoms with Gasteiger partial charge in [-0.3, -0.25) is 0 Å². The maximum absolute atomic E-state index is 12.7. The summed E-state index contributed by atoms with van der Waals surface area (Å²) in [6, 6.07) is 1.99. The molecule has 0 unspecified atom stereocenters. The third-order valence-electron chi connectivity index (χ3n) is 2.79. The van der Waals surface area contributed by atoms with Gasteiger partial charge in [-0.25, -0.2) is 0 Å². The summed E-state index contributed by atoms with van der Waals surface area (Å²) in [6.45, 7) is 0.00246. The third-order valence-corrected chi connectivity index (χ3v) is 3.16. The Hall–Kier alpha value is -0.980. The first-order valence-corrected chi connectivity index (χ1v) is 5.42. The lowest BCUT2D eigenvalue weighted by Crippen LogP contribution is -2.46. The van der Waals surface area contributed by atoms with Gasteiger partial charge in [-0.05, 0) is 6.07 Å².